The summed E-state index contributed by atoms with van der Waals surface area (Å²) in [5.41, 5.74) is 6.99. The van der Waals surface area contributed by atoms with Crippen LogP contribution in [0.2, 0.25) is 0 Å². The van der Waals surface area contributed by atoms with E-state index in [0.29, 0.717) is 11.1 Å². The van der Waals surface area contributed by atoms with Crippen molar-refractivity contribution in [1.82, 2.24) is 9.13 Å². The second-order valence-electron chi connectivity index (χ2n) is 7.89. The molecule has 0 N–H and O–H groups in total. The van der Waals surface area contributed by atoms with E-state index in [4.69, 9.17) is 4.74 Å². The predicted molar refractivity (Wildman–Crippen MR) is 119 cm³/mol. The molecule has 0 aliphatic rings. The monoisotopic (exact) mass is 406 g/mol. The maximum absolute atomic E-state index is 12.7. The summed E-state index contributed by atoms with van der Waals surface area (Å²) in [5.74, 6) is -0.650. The van der Waals surface area contributed by atoms with Gasteiger partial charge in [-0.15, -0.1) is 0 Å². The van der Waals surface area contributed by atoms with Crippen LogP contribution in [0.25, 0.3) is 5.69 Å². The number of carbonyl (C=O) groups is 2. The third-order valence-electron chi connectivity index (χ3n) is 5.60. The van der Waals surface area contributed by atoms with Crippen LogP contribution in [0.5, 0.6) is 0 Å². The highest BCUT2D eigenvalue weighted by atomic mass is 16.5. The lowest BCUT2D eigenvalue weighted by Crippen LogP contribution is -2.15. The number of hydrogen-bond donors (Lipinski definition) is 0. The molecular formula is C25H30N2O3. The smallest absolute Gasteiger partial charge is 0.340 e. The molecule has 0 radical (unpaired) electrons. The van der Waals surface area contributed by atoms with Crippen LogP contribution in [-0.4, -0.2) is 27.5 Å². The number of hydrogen-bond acceptors (Lipinski definition) is 3. The maximum Gasteiger partial charge on any atom is 0.340 e. The summed E-state index contributed by atoms with van der Waals surface area (Å²) in [6, 6.07) is 11.8. The highest BCUT2D eigenvalue weighted by molar-refractivity contribution is 6.00. The molecule has 2 aromatic heterocycles. The van der Waals surface area contributed by atoms with Crippen molar-refractivity contribution >= 4 is 11.8 Å². The number of esters is 1. The molecule has 0 aliphatic carbocycles. The second kappa shape index (κ2) is 8.74. The Morgan fingerprint density at radius 2 is 1.50 bits per heavy atom. The molecule has 0 unspecified atom stereocenters. The molecule has 0 bridgehead atoms. The van der Waals surface area contributed by atoms with Gasteiger partial charge in [0.2, 0.25) is 5.78 Å². The zero-order chi connectivity index (χ0) is 22.0. The fraction of sp³-hybridized carbons (Fsp3) is 0.360. The van der Waals surface area contributed by atoms with Crippen LogP contribution < -0.4 is 0 Å². The average molecular weight is 407 g/mol. The number of Topliss-reactive ketones (excluding diaryl/α,β-unsaturated/α-hetero) is 1. The van der Waals surface area contributed by atoms with Crippen LogP contribution in [0.1, 0.15) is 62.4 Å². The average Bonchev–Trinajstić information content (AvgIpc) is 3.17. The van der Waals surface area contributed by atoms with E-state index >= 15 is 0 Å². The molecule has 5 nitrogen and oxygen atoms in total. The molecule has 5 heteroatoms. The predicted octanol–water partition coefficient (Wildman–Crippen LogP) is 5.27. The Bertz CT molecular complexity index is 1080. The molecule has 0 aliphatic heterocycles. The fourth-order valence-corrected chi connectivity index (χ4v) is 4.00. The minimum atomic E-state index is -0.475. The van der Waals surface area contributed by atoms with Gasteiger partial charge in [0.05, 0.1) is 5.56 Å². The van der Waals surface area contributed by atoms with Crippen LogP contribution in [0.3, 0.4) is 0 Å². The molecule has 3 rings (SSSR count). The highest BCUT2D eigenvalue weighted by Crippen LogP contribution is 2.22. The summed E-state index contributed by atoms with van der Waals surface area (Å²) >= 11 is 0. The first kappa shape index (κ1) is 21.6. The quantitative estimate of drug-likeness (QED) is 0.397. The van der Waals surface area contributed by atoms with Gasteiger partial charge in [-0.3, -0.25) is 4.79 Å². The van der Waals surface area contributed by atoms with Crippen molar-refractivity contribution in [3.05, 3.63) is 75.9 Å². The van der Waals surface area contributed by atoms with Gasteiger partial charge < -0.3 is 13.9 Å². The first-order valence-corrected chi connectivity index (χ1v) is 10.4. The van der Waals surface area contributed by atoms with Crippen molar-refractivity contribution in [3.8, 4) is 5.69 Å². The van der Waals surface area contributed by atoms with Crippen molar-refractivity contribution in [1.29, 1.82) is 0 Å². The minimum Gasteiger partial charge on any atom is -0.454 e. The third-order valence-corrected chi connectivity index (χ3v) is 5.60. The van der Waals surface area contributed by atoms with E-state index in [-0.39, 0.29) is 12.4 Å². The van der Waals surface area contributed by atoms with Gasteiger partial charge in [0.25, 0.3) is 0 Å². The number of rotatable bonds is 7. The van der Waals surface area contributed by atoms with Crippen LogP contribution in [-0.2, 0) is 11.3 Å². The Hall–Kier alpha value is -3.08. The number of ketones is 1. The largest absolute Gasteiger partial charge is 0.454 e. The minimum absolute atomic E-state index is 0.175. The number of ether oxygens (including phenoxy) is 1. The Balaban J connectivity index is 1.76. The molecule has 1 aromatic carbocycles. The number of carbonyl (C=O) groups excluding carboxylic acids is 2. The summed E-state index contributed by atoms with van der Waals surface area (Å²) in [5, 5.41) is 0. The van der Waals surface area contributed by atoms with Crippen LogP contribution in [0.15, 0.2) is 36.4 Å². The topological polar surface area (TPSA) is 53.2 Å². The number of nitrogens with zero attached hydrogens (tertiary/aromatic N) is 2. The third kappa shape index (κ3) is 4.11. The molecule has 30 heavy (non-hydrogen) atoms. The molecule has 0 amide bonds. The van der Waals surface area contributed by atoms with Gasteiger partial charge in [-0.2, -0.15) is 0 Å². The number of aryl methyl sites for hydroxylation is 3. The van der Waals surface area contributed by atoms with Crippen LogP contribution in [0, 0.1) is 34.6 Å². The molecule has 0 fully saturated rings. The lowest BCUT2D eigenvalue weighted by Gasteiger charge is -2.10. The number of aromatic nitrogens is 2. The normalized spacial score (nSPS) is 11.0. The fourth-order valence-electron chi connectivity index (χ4n) is 4.00. The summed E-state index contributed by atoms with van der Waals surface area (Å²) < 4.78 is 9.55. The Morgan fingerprint density at radius 1 is 0.867 bits per heavy atom. The van der Waals surface area contributed by atoms with Crippen molar-refractivity contribution < 1.29 is 14.3 Å². The van der Waals surface area contributed by atoms with Crippen LogP contribution >= 0.6 is 0 Å². The van der Waals surface area contributed by atoms with Gasteiger partial charge in [-0.05, 0) is 65.3 Å². The zero-order valence-corrected chi connectivity index (χ0v) is 18.7. The second-order valence-corrected chi connectivity index (χ2v) is 7.89. The summed E-state index contributed by atoms with van der Waals surface area (Å²) in [6.45, 7) is 12.5. The molecule has 0 saturated heterocycles. The van der Waals surface area contributed by atoms with E-state index in [1.54, 1.807) is 0 Å². The van der Waals surface area contributed by atoms with Crippen LogP contribution in [0.4, 0.5) is 0 Å². The maximum atomic E-state index is 12.7. The van der Waals surface area contributed by atoms with Gasteiger partial charge in [0, 0.05) is 40.6 Å². The first-order valence-electron chi connectivity index (χ1n) is 10.4. The van der Waals surface area contributed by atoms with E-state index in [1.807, 2.05) is 75.6 Å². The van der Waals surface area contributed by atoms with E-state index < -0.39 is 5.97 Å². The molecule has 3 aromatic rings. The molecule has 158 valence electrons. The van der Waals surface area contributed by atoms with E-state index in [1.165, 1.54) is 5.56 Å². The zero-order valence-electron chi connectivity index (χ0n) is 18.7. The van der Waals surface area contributed by atoms with E-state index in [9.17, 15) is 9.59 Å². The molecule has 0 saturated carbocycles. The van der Waals surface area contributed by atoms with Gasteiger partial charge in [0.1, 0.15) is 0 Å². The molecule has 0 atom stereocenters. The van der Waals surface area contributed by atoms with Gasteiger partial charge in [-0.1, -0.05) is 24.6 Å². The van der Waals surface area contributed by atoms with Crippen molar-refractivity contribution in [2.75, 3.05) is 6.61 Å². The standard InChI is InChI=1S/C25H30N2O3/c1-7-12-26-17(3)13-22(19(26)5)24(28)15-30-25(29)23-14-18(4)27(20(23)6)21-10-8-16(2)9-11-21/h8-11,13-14H,7,12,15H2,1-6H3. The summed E-state index contributed by atoms with van der Waals surface area (Å²) in [6.07, 6.45) is 0.996. The van der Waals surface area contributed by atoms with Crippen molar-refractivity contribution in [3.63, 3.8) is 0 Å². The van der Waals surface area contributed by atoms with Crippen molar-refractivity contribution in [2.24, 2.45) is 0 Å². The SMILES string of the molecule is CCCn1c(C)cc(C(=O)COC(=O)c2cc(C)n(-c3ccc(C)cc3)c2C)c1C. The Labute approximate surface area is 178 Å². The lowest BCUT2D eigenvalue weighted by molar-refractivity contribution is 0.0474. The number of benzene rings is 1. The van der Waals surface area contributed by atoms with Crippen molar-refractivity contribution in [2.45, 2.75) is 54.5 Å². The Kier molecular flexibility index (Phi) is 6.30. The summed E-state index contributed by atoms with van der Waals surface area (Å²) in [7, 11) is 0. The van der Waals surface area contributed by atoms with Gasteiger partial charge >= 0.3 is 5.97 Å². The Morgan fingerprint density at radius 3 is 2.13 bits per heavy atom. The summed E-state index contributed by atoms with van der Waals surface area (Å²) in [4.78, 5) is 25.4. The van der Waals surface area contributed by atoms with E-state index in [2.05, 4.69) is 11.5 Å². The molecule has 0 spiro atoms. The lowest BCUT2D eigenvalue weighted by atomic mass is 10.1. The van der Waals surface area contributed by atoms with E-state index in [0.717, 1.165) is 41.4 Å². The molecule has 2 heterocycles. The van der Waals surface area contributed by atoms with Gasteiger partial charge in [0.15, 0.2) is 6.61 Å². The molecular weight excluding hydrogens is 376 g/mol. The highest BCUT2D eigenvalue weighted by Gasteiger charge is 2.21. The van der Waals surface area contributed by atoms with Gasteiger partial charge in [-0.25, -0.2) is 4.79 Å². The first-order chi connectivity index (χ1) is 14.2.